The first-order chi connectivity index (χ1) is 44.1. The van der Waals surface area contributed by atoms with Gasteiger partial charge in [0, 0.05) is 51.0 Å². The highest BCUT2D eigenvalue weighted by Crippen LogP contribution is 2.46. The maximum Gasteiger partial charge on any atom is 0.402 e. The Morgan fingerprint density at radius 3 is 0.731 bits per heavy atom. The molecule has 1 aliphatic rings. The van der Waals surface area contributed by atoms with E-state index in [-0.39, 0.29) is 11.1 Å². The standard InChI is InChI=1S/C21H25F3.C16H20.C15H24.C12H18.C10H24N4.C10H8N2/c1-14(2)16-6-10-18(11-7-16)20(5,21(22,23)24)19-12-8-17(9-13-19)15(3)4;1-11(2)13-5-7-16-10-14(12(3)4)6-8-15(16)9-13;1-10(2)13-7-14(11(3)4)9-15(8-13)12(5)6;1-9(2)11-5-7-12(8-6-11)10(3)4;1-3-11-7-9-13-5-2-6-14-10-8-12-4-1;1-5-11-6-2-9(1)10-3-7-12-8-4-10/h6-15H,1-5H3;5-12H,1-4H3;7-12H,1-6H3;5-10H,1-4H3;11-14H,1-10H2;1-8H. The van der Waals surface area contributed by atoms with Crippen LogP contribution in [-0.2, 0) is 5.41 Å². The molecule has 0 amide bonds. The smallest absolute Gasteiger partial charge is 0.315 e. The molecule has 506 valence electrons. The van der Waals surface area contributed by atoms with Crippen LogP contribution in [0.25, 0.3) is 21.9 Å². The Hall–Kier alpha value is -6.49. The molecule has 6 aromatic carbocycles. The molecular formula is C84H119F3N6. The number of fused-ring (bicyclic) bond motifs is 1. The second-order valence-corrected chi connectivity index (χ2v) is 27.9. The van der Waals surface area contributed by atoms with Crippen LogP contribution < -0.4 is 21.3 Å². The van der Waals surface area contributed by atoms with Gasteiger partial charge in [-0.05, 0) is 207 Å². The average Bonchev–Trinajstić information content (AvgIpc) is 0.769. The van der Waals surface area contributed by atoms with Crippen molar-refractivity contribution in [2.75, 3.05) is 52.4 Å². The Kier molecular flexibility index (Phi) is 34.5. The van der Waals surface area contributed by atoms with Crippen molar-refractivity contribution in [2.24, 2.45) is 0 Å². The van der Waals surface area contributed by atoms with Crippen LogP contribution in [0.1, 0.15) is 259 Å². The van der Waals surface area contributed by atoms with Gasteiger partial charge in [0.15, 0.2) is 0 Å². The van der Waals surface area contributed by atoms with Crippen molar-refractivity contribution < 1.29 is 13.2 Å². The Morgan fingerprint density at radius 1 is 0.280 bits per heavy atom. The lowest BCUT2D eigenvalue weighted by Crippen LogP contribution is -2.40. The van der Waals surface area contributed by atoms with Crippen LogP contribution in [0.2, 0.25) is 0 Å². The fraction of sp³-hybridized carbons (Fsp3) is 0.476. The third-order valence-corrected chi connectivity index (χ3v) is 17.4. The Morgan fingerprint density at radius 2 is 0.505 bits per heavy atom. The summed E-state index contributed by atoms with van der Waals surface area (Å²) in [7, 11) is 0. The van der Waals surface area contributed by atoms with Crippen LogP contribution in [0, 0.1) is 0 Å². The number of benzene rings is 6. The molecule has 3 heterocycles. The summed E-state index contributed by atoms with van der Waals surface area (Å²) in [5.74, 6) is 4.97. The zero-order valence-corrected chi connectivity index (χ0v) is 60.5. The van der Waals surface area contributed by atoms with Gasteiger partial charge in [0.25, 0.3) is 0 Å². The zero-order valence-electron chi connectivity index (χ0n) is 60.5. The minimum Gasteiger partial charge on any atom is -0.315 e. The summed E-state index contributed by atoms with van der Waals surface area (Å²) in [6, 6.07) is 51.2. The lowest BCUT2D eigenvalue weighted by atomic mass is 9.74. The molecule has 0 saturated carbocycles. The minimum absolute atomic E-state index is 0.275. The van der Waals surface area contributed by atoms with Crippen molar-refractivity contribution in [3.05, 3.63) is 238 Å². The lowest BCUT2D eigenvalue weighted by molar-refractivity contribution is -0.173. The number of halogens is 3. The number of rotatable bonds is 12. The number of pyridine rings is 2. The fourth-order valence-electron chi connectivity index (χ4n) is 10.5. The number of aromatic nitrogens is 2. The molecule has 0 unspecified atom stereocenters. The first-order valence-corrected chi connectivity index (χ1v) is 34.8. The number of nitrogens with one attached hydrogen (secondary N) is 4. The SMILES string of the molecule is C1CNCCNCCCNCCNC1.CC(C)c1cc(C(C)C)cc(C(C)C)c1.CC(C)c1ccc(C(C)(c2ccc(C(C)C)cc2)C(F)(F)F)cc1.CC(C)c1ccc(C(C)C)cc1.CC(C)c1ccc2cc(C(C)C)ccc2c1.c1cc(-c2ccncc2)ccn1. The van der Waals surface area contributed by atoms with Gasteiger partial charge in [-0.15, -0.1) is 0 Å². The van der Waals surface area contributed by atoms with E-state index < -0.39 is 11.6 Å². The highest BCUT2D eigenvalue weighted by molar-refractivity contribution is 5.84. The van der Waals surface area contributed by atoms with Crippen LogP contribution in [0.15, 0.2) is 176 Å². The Bertz CT molecular complexity index is 2990. The van der Waals surface area contributed by atoms with E-state index in [9.17, 15) is 13.2 Å². The van der Waals surface area contributed by atoms with Crippen molar-refractivity contribution in [3.8, 4) is 11.1 Å². The molecule has 9 heteroatoms. The molecular weight excluding hydrogens is 1150 g/mol. The summed E-state index contributed by atoms with van der Waals surface area (Å²) in [6.07, 6.45) is 5.22. The quantitative estimate of drug-likeness (QED) is 0.0977. The van der Waals surface area contributed by atoms with E-state index in [1.54, 1.807) is 73.3 Å². The largest absolute Gasteiger partial charge is 0.402 e. The maximum atomic E-state index is 14.0. The second-order valence-electron chi connectivity index (χ2n) is 27.9. The topological polar surface area (TPSA) is 73.9 Å². The first-order valence-electron chi connectivity index (χ1n) is 34.8. The second kappa shape index (κ2) is 40.7. The third kappa shape index (κ3) is 27.0. The molecule has 0 radical (unpaired) electrons. The highest BCUT2D eigenvalue weighted by Gasteiger charge is 2.53. The van der Waals surface area contributed by atoms with Gasteiger partial charge in [-0.1, -0.05) is 252 Å². The number of nitrogens with zero attached hydrogens (tertiary/aromatic N) is 2. The van der Waals surface area contributed by atoms with E-state index in [1.165, 1.54) is 80.6 Å². The molecule has 0 bridgehead atoms. The van der Waals surface area contributed by atoms with Gasteiger partial charge in [-0.2, -0.15) is 13.2 Å². The van der Waals surface area contributed by atoms with Crippen molar-refractivity contribution in [1.82, 2.24) is 31.2 Å². The van der Waals surface area contributed by atoms with Gasteiger partial charge in [0.1, 0.15) is 5.41 Å². The summed E-state index contributed by atoms with van der Waals surface area (Å²) in [6.45, 7) is 49.7. The molecule has 1 fully saturated rings. The average molecular weight is 1270 g/mol. The summed E-state index contributed by atoms with van der Waals surface area (Å²) in [5, 5.41) is 16.4. The van der Waals surface area contributed by atoms with Crippen molar-refractivity contribution >= 4 is 10.8 Å². The molecule has 2 aromatic heterocycles. The van der Waals surface area contributed by atoms with Gasteiger partial charge >= 0.3 is 6.18 Å². The molecule has 4 N–H and O–H groups in total. The zero-order chi connectivity index (χ0) is 68.7. The van der Waals surface area contributed by atoms with Crippen molar-refractivity contribution in [2.45, 2.75) is 209 Å². The minimum atomic E-state index is -4.37. The predicted molar refractivity (Wildman–Crippen MR) is 397 cm³/mol. The highest BCUT2D eigenvalue weighted by atomic mass is 19.4. The van der Waals surface area contributed by atoms with E-state index in [4.69, 9.17) is 0 Å². The molecule has 0 atom stereocenters. The van der Waals surface area contributed by atoms with Gasteiger partial charge in [0.2, 0.25) is 0 Å². The van der Waals surface area contributed by atoms with Gasteiger partial charge in [-0.3, -0.25) is 9.97 Å². The molecule has 1 saturated heterocycles. The maximum absolute atomic E-state index is 14.0. The number of hydrogen-bond donors (Lipinski definition) is 4. The van der Waals surface area contributed by atoms with Crippen LogP contribution in [0.4, 0.5) is 13.2 Å². The Labute approximate surface area is 562 Å². The van der Waals surface area contributed by atoms with Crippen molar-refractivity contribution in [1.29, 1.82) is 0 Å². The van der Waals surface area contributed by atoms with Crippen LogP contribution in [0.5, 0.6) is 0 Å². The summed E-state index contributed by atoms with van der Waals surface area (Å²) >= 11 is 0. The van der Waals surface area contributed by atoms with Crippen LogP contribution in [-0.4, -0.2) is 68.5 Å². The first kappa shape index (κ1) is 79.0. The molecule has 93 heavy (non-hydrogen) atoms. The molecule has 8 aromatic rings. The predicted octanol–water partition coefficient (Wildman–Crippen LogP) is 22.2. The summed E-state index contributed by atoms with van der Waals surface area (Å²) < 4.78 is 42.0. The lowest BCUT2D eigenvalue weighted by Gasteiger charge is -2.33. The number of alkyl halides is 3. The van der Waals surface area contributed by atoms with Gasteiger partial charge in [0.05, 0.1) is 0 Å². The van der Waals surface area contributed by atoms with E-state index in [2.05, 4.69) is 207 Å². The molecule has 9 rings (SSSR count). The summed E-state index contributed by atoms with van der Waals surface area (Å²) in [5.41, 5.74) is 13.1. The van der Waals surface area contributed by atoms with Gasteiger partial charge < -0.3 is 21.3 Å². The number of hydrogen-bond acceptors (Lipinski definition) is 6. The van der Waals surface area contributed by atoms with Crippen molar-refractivity contribution in [3.63, 3.8) is 0 Å². The molecule has 6 nitrogen and oxygen atoms in total. The van der Waals surface area contributed by atoms with E-state index in [0.717, 1.165) is 63.5 Å². The molecule has 0 spiro atoms. The fourth-order valence-corrected chi connectivity index (χ4v) is 10.5. The molecule has 0 aliphatic carbocycles. The molecule has 1 aliphatic heterocycles. The monoisotopic (exact) mass is 1270 g/mol. The third-order valence-electron chi connectivity index (χ3n) is 17.4. The van der Waals surface area contributed by atoms with E-state index in [1.807, 2.05) is 52.0 Å². The summed E-state index contributed by atoms with van der Waals surface area (Å²) in [4.78, 5) is 7.91. The van der Waals surface area contributed by atoms with Crippen LogP contribution >= 0.6 is 0 Å². The van der Waals surface area contributed by atoms with E-state index in [0.29, 0.717) is 53.3 Å². The van der Waals surface area contributed by atoms with Crippen LogP contribution in [0.3, 0.4) is 0 Å². The van der Waals surface area contributed by atoms with E-state index >= 15 is 0 Å². The van der Waals surface area contributed by atoms with Gasteiger partial charge in [-0.25, -0.2) is 0 Å². The Balaban J connectivity index is 0.000000242. The normalized spacial score (nSPS) is 13.5.